The molecule has 1 aliphatic heterocycles. The molecule has 0 saturated heterocycles. The van der Waals surface area contributed by atoms with Gasteiger partial charge in [0.1, 0.15) is 5.78 Å². The summed E-state index contributed by atoms with van der Waals surface area (Å²) in [6.45, 7) is 1.71. The monoisotopic (exact) mass is 179 g/mol. The van der Waals surface area contributed by atoms with E-state index in [1.807, 2.05) is 7.05 Å². The fourth-order valence-corrected chi connectivity index (χ4v) is 2.00. The lowest BCUT2D eigenvalue weighted by molar-refractivity contribution is -0.126. The van der Waals surface area contributed by atoms with Gasteiger partial charge in [-0.05, 0) is 13.5 Å². The standard InChI is InChI=1S/C10H13NO2/c1-11-3-2-7-4-8(12)5-10(13)9(7)6-11/h2-6H2,1H3. The van der Waals surface area contributed by atoms with E-state index >= 15 is 0 Å². The Hall–Kier alpha value is -0.960. The quantitative estimate of drug-likeness (QED) is 0.510. The zero-order valence-corrected chi connectivity index (χ0v) is 7.80. The molecule has 1 heterocycles. The summed E-state index contributed by atoms with van der Waals surface area (Å²) in [7, 11) is 2.01. The Morgan fingerprint density at radius 3 is 2.77 bits per heavy atom. The summed E-state index contributed by atoms with van der Waals surface area (Å²) in [5.41, 5.74) is 2.01. The van der Waals surface area contributed by atoms with Crippen molar-refractivity contribution in [3.63, 3.8) is 0 Å². The van der Waals surface area contributed by atoms with Crippen LogP contribution in [0.4, 0.5) is 0 Å². The lowest BCUT2D eigenvalue weighted by atomic mass is 9.86. The first kappa shape index (κ1) is 8.63. The van der Waals surface area contributed by atoms with Crippen LogP contribution in [-0.2, 0) is 9.59 Å². The van der Waals surface area contributed by atoms with Crippen LogP contribution in [0.1, 0.15) is 19.3 Å². The summed E-state index contributed by atoms with van der Waals surface area (Å²) in [4.78, 5) is 24.8. The third kappa shape index (κ3) is 1.56. The van der Waals surface area contributed by atoms with Crippen LogP contribution in [0, 0.1) is 0 Å². The van der Waals surface area contributed by atoms with Crippen LogP contribution < -0.4 is 0 Å². The van der Waals surface area contributed by atoms with Crippen LogP contribution in [0.5, 0.6) is 0 Å². The molecule has 2 aliphatic rings. The number of Topliss-reactive ketones (excluding diaryl/α,β-unsaturated/α-hetero) is 2. The first-order valence-electron chi connectivity index (χ1n) is 4.61. The van der Waals surface area contributed by atoms with Crippen molar-refractivity contribution in [3.05, 3.63) is 11.1 Å². The molecule has 0 saturated carbocycles. The molecular weight excluding hydrogens is 166 g/mol. The molecule has 0 bridgehead atoms. The van der Waals surface area contributed by atoms with Gasteiger partial charge in [0.25, 0.3) is 0 Å². The molecule has 0 unspecified atom stereocenters. The van der Waals surface area contributed by atoms with Crippen LogP contribution in [0.3, 0.4) is 0 Å². The zero-order chi connectivity index (χ0) is 9.42. The maximum Gasteiger partial charge on any atom is 0.167 e. The number of carbonyl (C=O) groups excluding carboxylic acids is 2. The molecule has 0 spiro atoms. The Balaban J connectivity index is 2.30. The van der Waals surface area contributed by atoms with E-state index in [-0.39, 0.29) is 18.0 Å². The van der Waals surface area contributed by atoms with Crippen LogP contribution in [0.2, 0.25) is 0 Å². The minimum absolute atomic E-state index is 0.0535. The molecule has 0 aromatic rings. The molecule has 0 aromatic carbocycles. The lowest BCUT2D eigenvalue weighted by Gasteiger charge is -2.29. The third-order valence-corrected chi connectivity index (χ3v) is 2.75. The molecule has 0 atom stereocenters. The van der Waals surface area contributed by atoms with Gasteiger partial charge < -0.3 is 4.90 Å². The molecule has 2 rings (SSSR count). The normalized spacial score (nSPS) is 25.0. The van der Waals surface area contributed by atoms with Crippen molar-refractivity contribution < 1.29 is 9.59 Å². The lowest BCUT2D eigenvalue weighted by Crippen LogP contribution is -2.34. The molecule has 0 radical (unpaired) electrons. The fourth-order valence-electron chi connectivity index (χ4n) is 2.00. The van der Waals surface area contributed by atoms with Gasteiger partial charge in [-0.25, -0.2) is 0 Å². The number of ketones is 2. The SMILES string of the molecule is CN1CCC2=C(C1)C(=O)CC(=O)C2. The van der Waals surface area contributed by atoms with Crippen molar-refractivity contribution in [1.82, 2.24) is 4.90 Å². The highest BCUT2D eigenvalue weighted by Gasteiger charge is 2.28. The van der Waals surface area contributed by atoms with E-state index in [0.29, 0.717) is 6.42 Å². The Labute approximate surface area is 77.4 Å². The van der Waals surface area contributed by atoms with E-state index in [1.165, 1.54) is 0 Å². The number of carbonyl (C=O) groups is 2. The van der Waals surface area contributed by atoms with Gasteiger partial charge >= 0.3 is 0 Å². The van der Waals surface area contributed by atoms with Gasteiger partial charge in [0.2, 0.25) is 0 Å². The van der Waals surface area contributed by atoms with E-state index in [4.69, 9.17) is 0 Å². The van der Waals surface area contributed by atoms with E-state index in [0.717, 1.165) is 30.7 Å². The summed E-state index contributed by atoms with van der Waals surface area (Å²) in [6, 6.07) is 0. The average molecular weight is 179 g/mol. The number of rotatable bonds is 0. The molecule has 1 aliphatic carbocycles. The van der Waals surface area contributed by atoms with E-state index in [2.05, 4.69) is 4.90 Å². The predicted molar refractivity (Wildman–Crippen MR) is 48.4 cm³/mol. The van der Waals surface area contributed by atoms with Gasteiger partial charge in [-0.1, -0.05) is 5.57 Å². The summed E-state index contributed by atoms with van der Waals surface area (Å²) < 4.78 is 0. The van der Waals surface area contributed by atoms with Crippen molar-refractivity contribution in [3.8, 4) is 0 Å². The zero-order valence-electron chi connectivity index (χ0n) is 7.80. The highest BCUT2D eigenvalue weighted by atomic mass is 16.1. The average Bonchev–Trinajstić information content (AvgIpc) is 2.06. The molecule has 0 N–H and O–H groups in total. The Morgan fingerprint density at radius 1 is 1.23 bits per heavy atom. The van der Waals surface area contributed by atoms with Gasteiger partial charge in [0.05, 0.1) is 6.42 Å². The molecule has 0 fully saturated rings. The summed E-state index contributed by atoms with van der Waals surface area (Å²) >= 11 is 0. The predicted octanol–water partition coefficient (Wildman–Crippen LogP) is 0.550. The van der Waals surface area contributed by atoms with Crippen molar-refractivity contribution in [2.75, 3.05) is 20.1 Å². The van der Waals surface area contributed by atoms with Crippen molar-refractivity contribution >= 4 is 11.6 Å². The highest BCUT2D eigenvalue weighted by molar-refractivity contribution is 6.11. The molecular formula is C10H13NO2. The minimum Gasteiger partial charge on any atom is -0.302 e. The summed E-state index contributed by atoms with van der Waals surface area (Å²) in [5.74, 6) is 0.145. The molecule has 70 valence electrons. The van der Waals surface area contributed by atoms with Crippen molar-refractivity contribution in [2.45, 2.75) is 19.3 Å². The summed E-state index contributed by atoms with van der Waals surface area (Å²) in [5, 5.41) is 0. The second-order valence-corrected chi connectivity index (χ2v) is 3.89. The van der Waals surface area contributed by atoms with E-state index in [1.54, 1.807) is 0 Å². The Kier molecular flexibility index (Phi) is 2.04. The van der Waals surface area contributed by atoms with Gasteiger partial charge in [-0.3, -0.25) is 9.59 Å². The number of nitrogens with zero attached hydrogens (tertiary/aromatic N) is 1. The molecule has 13 heavy (non-hydrogen) atoms. The van der Waals surface area contributed by atoms with Crippen LogP contribution >= 0.6 is 0 Å². The number of likely N-dealkylation sites (N-methyl/N-ethyl adjacent to an activating group) is 1. The minimum atomic E-state index is 0.0535. The molecule has 3 nitrogen and oxygen atoms in total. The smallest absolute Gasteiger partial charge is 0.167 e. The number of hydrogen-bond donors (Lipinski definition) is 0. The van der Waals surface area contributed by atoms with Gasteiger partial charge in [0.15, 0.2) is 5.78 Å². The summed E-state index contributed by atoms with van der Waals surface area (Å²) in [6.07, 6.45) is 1.55. The first-order chi connectivity index (χ1) is 6.16. The molecule has 3 heteroatoms. The van der Waals surface area contributed by atoms with Crippen molar-refractivity contribution in [2.24, 2.45) is 0 Å². The first-order valence-corrected chi connectivity index (χ1v) is 4.61. The van der Waals surface area contributed by atoms with Gasteiger partial charge in [0, 0.05) is 25.1 Å². The Bertz CT molecular complexity index is 304. The largest absolute Gasteiger partial charge is 0.302 e. The number of hydrogen-bond acceptors (Lipinski definition) is 3. The van der Waals surface area contributed by atoms with Gasteiger partial charge in [-0.15, -0.1) is 0 Å². The fraction of sp³-hybridized carbons (Fsp3) is 0.600. The topological polar surface area (TPSA) is 37.4 Å². The molecule has 0 amide bonds. The Morgan fingerprint density at radius 2 is 2.00 bits per heavy atom. The highest BCUT2D eigenvalue weighted by Crippen LogP contribution is 2.26. The van der Waals surface area contributed by atoms with Crippen molar-refractivity contribution in [1.29, 1.82) is 0 Å². The maximum atomic E-state index is 11.5. The van der Waals surface area contributed by atoms with E-state index < -0.39 is 0 Å². The van der Waals surface area contributed by atoms with E-state index in [9.17, 15) is 9.59 Å². The third-order valence-electron chi connectivity index (χ3n) is 2.75. The van der Waals surface area contributed by atoms with Crippen LogP contribution in [0.25, 0.3) is 0 Å². The molecule has 0 aromatic heterocycles. The van der Waals surface area contributed by atoms with Gasteiger partial charge in [-0.2, -0.15) is 0 Å². The second kappa shape index (κ2) is 3.07. The maximum absolute atomic E-state index is 11.5. The van der Waals surface area contributed by atoms with Crippen LogP contribution in [-0.4, -0.2) is 36.6 Å². The second-order valence-electron chi connectivity index (χ2n) is 3.89. The van der Waals surface area contributed by atoms with Crippen LogP contribution in [0.15, 0.2) is 11.1 Å².